The predicted octanol–water partition coefficient (Wildman–Crippen LogP) is 4.85. The molecule has 1 aliphatic heterocycles. The van der Waals surface area contributed by atoms with Crippen LogP contribution in [0.25, 0.3) is 5.70 Å². The zero-order valence-electron chi connectivity index (χ0n) is 14.4. The van der Waals surface area contributed by atoms with Crippen LogP contribution in [-0.2, 0) is 7.05 Å². The fourth-order valence-electron chi connectivity index (χ4n) is 3.10. The van der Waals surface area contributed by atoms with E-state index in [1.807, 2.05) is 66.4 Å². The number of thiocarbonyl (C=S) groups is 1. The van der Waals surface area contributed by atoms with Crippen molar-refractivity contribution in [2.24, 2.45) is 7.05 Å². The Bertz CT molecular complexity index is 1040. The Balaban J connectivity index is 1.80. The molecule has 0 fully saturated rings. The lowest BCUT2D eigenvalue weighted by Gasteiger charge is -2.35. The molecule has 27 heavy (non-hydrogen) atoms. The smallest absolute Gasteiger partial charge is 0.260 e. The number of aromatic nitrogens is 1. The molecule has 2 aromatic heterocycles. The minimum Gasteiger partial charge on any atom is -0.349 e. The summed E-state index contributed by atoms with van der Waals surface area (Å²) in [6.07, 6.45) is 3.99. The first-order chi connectivity index (χ1) is 13.0. The second-order valence-corrected chi connectivity index (χ2v) is 8.28. The van der Waals surface area contributed by atoms with Gasteiger partial charge < -0.3 is 9.88 Å². The molecule has 3 heterocycles. The zero-order chi connectivity index (χ0) is 19.0. The summed E-state index contributed by atoms with van der Waals surface area (Å²) in [5.74, 6) is -0.148. The van der Waals surface area contributed by atoms with E-state index in [4.69, 9.17) is 23.8 Å². The second-order valence-electron chi connectivity index (χ2n) is 6.14. The quantitative estimate of drug-likeness (QED) is 0.623. The van der Waals surface area contributed by atoms with Crippen LogP contribution in [0.1, 0.15) is 27.0 Å². The first-order valence-corrected chi connectivity index (χ1v) is 9.93. The highest BCUT2D eigenvalue weighted by atomic mass is 35.5. The molecule has 1 aromatic carbocycles. The minimum atomic E-state index is -0.325. The normalized spacial score (nSPS) is 16.8. The third kappa shape index (κ3) is 3.43. The van der Waals surface area contributed by atoms with Gasteiger partial charge in [0.05, 0.1) is 21.8 Å². The molecule has 0 aliphatic carbocycles. The van der Waals surface area contributed by atoms with Gasteiger partial charge in [-0.15, -0.1) is 11.3 Å². The van der Waals surface area contributed by atoms with Crippen LogP contribution in [0.5, 0.6) is 0 Å². The number of hydrogen-bond donors (Lipinski definition) is 1. The lowest BCUT2D eigenvalue weighted by Crippen LogP contribution is -2.47. The number of carbonyl (C=O) groups is 1. The molecule has 1 N–H and O–H groups in total. The number of nitrogens with one attached hydrogen (secondary N) is 1. The highest BCUT2D eigenvalue weighted by Crippen LogP contribution is 2.36. The number of halogens is 1. The Labute approximate surface area is 171 Å². The Morgan fingerprint density at radius 3 is 2.56 bits per heavy atom. The van der Waals surface area contributed by atoms with Gasteiger partial charge in [0.1, 0.15) is 0 Å². The average Bonchev–Trinajstić information content (AvgIpc) is 3.29. The van der Waals surface area contributed by atoms with E-state index >= 15 is 0 Å². The number of hydrogen-bond acceptors (Lipinski definition) is 3. The highest BCUT2D eigenvalue weighted by molar-refractivity contribution is 7.80. The largest absolute Gasteiger partial charge is 0.349 e. The number of nitrogens with zero attached hydrogens (tertiary/aromatic N) is 2. The van der Waals surface area contributed by atoms with Crippen LogP contribution in [0.15, 0.2) is 66.9 Å². The Hall–Kier alpha value is -2.41. The van der Waals surface area contributed by atoms with Crippen LogP contribution in [0.2, 0.25) is 4.34 Å². The maximum Gasteiger partial charge on any atom is 0.260 e. The summed E-state index contributed by atoms with van der Waals surface area (Å²) in [7, 11) is 1.97. The number of carbonyl (C=O) groups excluding carboxylic acids is 1. The topological polar surface area (TPSA) is 37.3 Å². The maximum absolute atomic E-state index is 13.2. The number of rotatable bonds is 3. The van der Waals surface area contributed by atoms with Crippen molar-refractivity contribution in [1.29, 1.82) is 0 Å². The molecule has 1 unspecified atom stereocenters. The summed E-state index contributed by atoms with van der Waals surface area (Å²) in [4.78, 5) is 15.8. The molecule has 0 spiro atoms. The van der Waals surface area contributed by atoms with E-state index in [-0.39, 0.29) is 11.9 Å². The van der Waals surface area contributed by atoms with Crippen molar-refractivity contribution in [2.75, 3.05) is 0 Å². The average molecular weight is 414 g/mol. The molecule has 0 bridgehead atoms. The zero-order valence-corrected chi connectivity index (χ0v) is 16.8. The van der Waals surface area contributed by atoms with Crippen molar-refractivity contribution >= 4 is 51.9 Å². The van der Waals surface area contributed by atoms with Gasteiger partial charge in [0.2, 0.25) is 0 Å². The predicted molar refractivity (Wildman–Crippen MR) is 114 cm³/mol. The Kier molecular flexibility index (Phi) is 4.86. The SMILES string of the molecule is Cn1cccc1C1=CC(c2ccc(Cl)s2)N(C(=O)c2ccccc2)C(=S)N1. The number of amides is 1. The van der Waals surface area contributed by atoms with Crippen molar-refractivity contribution in [3.8, 4) is 0 Å². The molecule has 4 rings (SSSR count). The Morgan fingerprint density at radius 1 is 1.15 bits per heavy atom. The molecule has 4 nitrogen and oxygen atoms in total. The van der Waals surface area contributed by atoms with Crippen molar-refractivity contribution in [3.63, 3.8) is 0 Å². The lowest BCUT2D eigenvalue weighted by atomic mass is 10.1. The third-order valence-corrected chi connectivity index (χ3v) is 6.01. The minimum absolute atomic E-state index is 0.148. The van der Waals surface area contributed by atoms with E-state index in [0.717, 1.165) is 16.3 Å². The maximum atomic E-state index is 13.2. The van der Waals surface area contributed by atoms with Crippen LogP contribution in [0.3, 0.4) is 0 Å². The second kappa shape index (κ2) is 7.31. The van der Waals surface area contributed by atoms with Gasteiger partial charge in [-0.05, 0) is 54.7 Å². The molecule has 0 saturated carbocycles. The van der Waals surface area contributed by atoms with Crippen molar-refractivity contribution < 1.29 is 4.79 Å². The molecule has 1 atom stereocenters. The van der Waals surface area contributed by atoms with Crippen LogP contribution in [0.4, 0.5) is 0 Å². The number of thiophene rings is 1. The molecule has 0 saturated heterocycles. The van der Waals surface area contributed by atoms with Gasteiger partial charge in [0, 0.05) is 23.7 Å². The molecule has 136 valence electrons. The van der Waals surface area contributed by atoms with Gasteiger partial charge in [0.25, 0.3) is 5.91 Å². The fraction of sp³-hybridized carbons (Fsp3) is 0.100. The van der Waals surface area contributed by atoms with E-state index in [2.05, 4.69) is 5.32 Å². The van der Waals surface area contributed by atoms with E-state index in [1.165, 1.54) is 11.3 Å². The van der Waals surface area contributed by atoms with Crippen LogP contribution in [0, 0.1) is 0 Å². The van der Waals surface area contributed by atoms with E-state index in [1.54, 1.807) is 17.0 Å². The lowest BCUT2D eigenvalue weighted by molar-refractivity contribution is 0.0820. The molecule has 0 radical (unpaired) electrons. The molecule has 7 heteroatoms. The van der Waals surface area contributed by atoms with Gasteiger partial charge in [0.15, 0.2) is 5.11 Å². The van der Waals surface area contributed by atoms with Gasteiger partial charge in [-0.25, -0.2) is 0 Å². The first-order valence-electron chi connectivity index (χ1n) is 8.33. The summed E-state index contributed by atoms with van der Waals surface area (Å²) in [6, 6.07) is 16.6. The number of benzene rings is 1. The van der Waals surface area contributed by atoms with Crippen molar-refractivity contribution in [2.45, 2.75) is 6.04 Å². The molecular weight excluding hydrogens is 398 g/mol. The van der Waals surface area contributed by atoms with Gasteiger partial charge in [-0.2, -0.15) is 0 Å². The molecule has 3 aromatic rings. The highest BCUT2D eigenvalue weighted by Gasteiger charge is 2.33. The van der Waals surface area contributed by atoms with E-state index < -0.39 is 0 Å². The summed E-state index contributed by atoms with van der Waals surface area (Å²) in [6.45, 7) is 0. The fourth-order valence-corrected chi connectivity index (χ4v) is 4.53. The van der Waals surface area contributed by atoms with Gasteiger partial charge >= 0.3 is 0 Å². The van der Waals surface area contributed by atoms with Crippen LogP contribution >= 0.6 is 35.2 Å². The van der Waals surface area contributed by atoms with E-state index in [0.29, 0.717) is 15.0 Å². The summed E-state index contributed by atoms with van der Waals surface area (Å²) >= 11 is 13.2. The van der Waals surface area contributed by atoms with Gasteiger partial charge in [-0.1, -0.05) is 29.8 Å². The van der Waals surface area contributed by atoms with Crippen molar-refractivity contribution in [1.82, 2.24) is 14.8 Å². The summed E-state index contributed by atoms with van der Waals surface area (Å²) in [5.41, 5.74) is 2.46. The van der Waals surface area contributed by atoms with E-state index in [9.17, 15) is 4.79 Å². The number of aryl methyl sites for hydroxylation is 1. The molecule has 1 amide bonds. The summed E-state index contributed by atoms with van der Waals surface area (Å²) < 4.78 is 2.68. The van der Waals surface area contributed by atoms with Crippen molar-refractivity contribution in [3.05, 3.63) is 87.3 Å². The third-order valence-electron chi connectivity index (χ3n) is 4.41. The van der Waals surface area contributed by atoms with Crippen LogP contribution < -0.4 is 5.32 Å². The molecular formula is C20H16ClN3OS2. The molecule has 1 aliphatic rings. The van der Waals surface area contributed by atoms with Crippen LogP contribution in [-0.4, -0.2) is 20.5 Å². The summed E-state index contributed by atoms with van der Waals surface area (Å²) in [5, 5.41) is 3.59. The standard InChI is InChI=1S/C20H16ClN3OS2/c1-23-11-5-8-15(23)14-12-16(17-9-10-18(21)27-17)24(20(26)22-14)19(25)13-6-3-2-4-7-13/h2-12,16H,1H3,(H,22,26). The van der Waals surface area contributed by atoms with Gasteiger partial charge in [-0.3, -0.25) is 9.69 Å². The Morgan fingerprint density at radius 2 is 1.93 bits per heavy atom. The monoisotopic (exact) mass is 413 g/mol. The first kappa shape index (κ1) is 18.0.